The van der Waals surface area contributed by atoms with E-state index in [9.17, 15) is 13.2 Å². The summed E-state index contributed by atoms with van der Waals surface area (Å²) in [4.78, 5) is 19.5. The average molecular weight is 457 g/mol. The molecule has 2 aliphatic heterocycles. The number of carbonyl (C=O) groups excluding carboxylic acids is 1. The van der Waals surface area contributed by atoms with Gasteiger partial charge in [0.25, 0.3) is 11.7 Å². The van der Waals surface area contributed by atoms with Crippen LogP contribution in [0, 0.1) is 5.92 Å². The molecule has 1 amide bonds. The Balaban J connectivity index is 1.47. The number of amides is 1. The third kappa shape index (κ3) is 2.95. The molecule has 2 aromatic carbocycles. The highest BCUT2D eigenvalue weighted by Gasteiger charge is 2.55. The standard InChI is InChI=1S/C22H20N2O5S2/c25-20-22(28-10-3-11-29-22)16-12-15(8-9-18(16)24(20)13-14-6-7-14)31(26,27)21-23-17-4-1-2-5-19(17)30-21/h1-2,4-5,8-9,12,14H,3,6-7,10-11,13H2. The number of hydrogen-bond acceptors (Lipinski definition) is 7. The molecule has 9 heteroatoms. The molecule has 7 nitrogen and oxygen atoms in total. The summed E-state index contributed by atoms with van der Waals surface area (Å²) in [6.07, 6.45) is 2.88. The topological polar surface area (TPSA) is 85.8 Å². The van der Waals surface area contributed by atoms with E-state index in [2.05, 4.69) is 4.98 Å². The summed E-state index contributed by atoms with van der Waals surface area (Å²) in [7, 11) is -3.86. The number of para-hydroxylation sites is 1. The first-order valence-corrected chi connectivity index (χ1v) is 12.6. The van der Waals surface area contributed by atoms with Gasteiger partial charge in [-0.05, 0) is 55.5 Å². The van der Waals surface area contributed by atoms with Gasteiger partial charge in [0, 0.05) is 12.1 Å². The van der Waals surface area contributed by atoms with Gasteiger partial charge < -0.3 is 14.4 Å². The summed E-state index contributed by atoms with van der Waals surface area (Å²) in [5.41, 5.74) is 1.79. The van der Waals surface area contributed by atoms with Gasteiger partial charge in [0.05, 0.1) is 34.0 Å². The fourth-order valence-corrected chi connectivity index (χ4v) is 6.84. The first-order valence-electron chi connectivity index (χ1n) is 10.3. The van der Waals surface area contributed by atoms with Crippen LogP contribution < -0.4 is 4.90 Å². The zero-order chi connectivity index (χ0) is 21.2. The minimum absolute atomic E-state index is 0.0346. The molecule has 2 fully saturated rings. The van der Waals surface area contributed by atoms with Crippen molar-refractivity contribution < 1.29 is 22.7 Å². The lowest BCUT2D eigenvalue weighted by atomic mass is 10.1. The van der Waals surface area contributed by atoms with Crippen LogP contribution in [0.5, 0.6) is 0 Å². The number of thiazole rings is 1. The van der Waals surface area contributed by atoms with Gasteiger partial charge in [-0.1, -0.05) is 12.1 Å². The van der Waals surface area contributed by atoms with Crippen LogP contribution in [0.25, 0.3) is 10.2 Å². The van der Waals surface area contributed by atoms with Gasteiger partial charge in [0.2, 0.25) is 14.2 Å². The van der Waals surface area contributed by atoms with Crippen LogP contribution in [-0.4, -0.2) is 39.1 Å². The van der Waals surface area contributed by atoms with Gasteiger partial charge in [-0.25, -0.2) is 13.4 Å². The minimum atomic E-state index is -3.86. The number of nitrogens with zero attached hydrogens (tertiary/aromatic N) is 2. The fourth-order valence-electron chi connectivity index (χ4n) is 4.20. The molecule has 6 rings (SSSR count). The first-order chi connectivity index (χ1) is 15.0. The monoisotopic (exact) mass is 456 g/mol. The van der Waals surface area contributed by atoms with Crippen molar-refractivity contribution >= 4 is 43.0 Å². The number of anilines is 1. The van der Waals surface area contributed by atoms with Gasteiger partial charge in [-0.3, -0.25) is 4.79 Å². The van der Waals surface area contributed by atoms with E-state index in [0.717, 1.165) is 28.9 Å². The largest absolute Gasteiger partial charge is 0.338 e. The highest BCUT2D eigenvalue weighted by Crippen LogP contribution is 2.48. The van der Waals surface area contributed by atoms with E-state index in [1.54, 1.807) is 23.1 Å². The Hall–Kier alpha value is -2.33. The number of aromatic nitrogens is 1. The van der Waals surface area contributed by atoms with E-state index in [1.165, 1.54) is 6.07 Å². The summed E-state index contributed by atoms with van der Waals surface area (Å²) in [6.45, 7) is 1.37. The Labute approximate surface area is 183 Å². The summed E-state index contributed by atoms with van der Waals surface area (Å²) in [5.74, 6) is -1.34. The van der Waals surface area contributed by atoms with Gasteiger partial charge >= 0.3 is 0 Å². The lowest BCUT2D eigenvalue weighted by molar-refractivity contribution is -0.256. The molecule has 1 aliphatic carbocycles. The van der Waals surface area contributed by atoms with Crippen LogP contribution in [0.1, 0.15) is 24.8 Å². The summed E-state index contributed by atoms with van der Waals surface area (Å²) < 4.78 is 39.4. The lowest BCUT2D eigenvalue weighted by Crippen LogP contribution is -2.47. The Kier molecular flexibility index (Phi) is 4.27. The third-order valence-electron chi connectivity index (χ3n) is 5.99. The van der Waals surface area contributed by atoms with E-state index in [4.69, 9.17) is 9.47 Å². The van der Waals surface area contributed by atoms with Gasteiger partial charge in [0.15, 0.2) is 0 Å². The highest BCUT2D eigenvalue weighted by molar-refractivity contribution is 7.93. The van der Waals surface area contributed by atoms with E-state index < -0.39 is 15.6 Å². The van der Waals surface area contributed by atoms with Gasteiger partial charge in [0.1, 0.15) is 0 Å². The fraction of sp³-hybridized carbons (Fsp3) is 0.364. The van der Waals surface area contributed by atoms with Crippen LogP contribution in [0.4, 0.5) is 5.69 Å². The van der Waals surface area contributed by atoms with Crippen LogP contribution >= 0.6 is 11.3 Å². The molecule has 0 N–H and O–H groups in total. The maximum Gasteiger partial charge on any atom is 0.292 e. The van der Waals surface area contributed by atoms with E-state index >= 15 is 0 Å². The molecular formula is C22H20N2O5S2. The Morgan fingerprint density at radius 2 is 1.90 bits per heavy atom. The Morgan fingerprint density at radius 3 is 2.65 bits per heavy atom. The maximum absolute atomic E-state index is 13.4. The van der Waals surface area contributed by atoms with Crippen LogP contribution in [0.15, 0.2) is 51.7 Å². The molecule has 0 radical (unpaired) electrons. The van der Waals surface area contributed by atoms with Crippen molar-refractivity contribution in [3.63, 3.8) is 0 Å². The van der Waals surface area contributed by atoms with Crippen molar-refractivity contribution in [1.82, 2.24) is 4.98 Å². The van der Waals surface area contributed by atoms with E-state index in [0.29, 0.717) is 48.9 Å². The summed E-state index contributed by atoms with van der Waals surface area (Å²) >= 11 is 1.14. The smallest absolute Gasteiger partial charge is 0.292 e. The second-order valence-electron chi connectivity index (χ2n) is 8.16. The summed E-state index contributed by atoms with van der Waals surface area (Å²) in [5, 5.41) is 0. The van der Waals surface area contributed by atoms with Crippen LogP contribution in [-0.2, 0) is 29.9 Å². The van der Waals surface area contributed by atoms with Crippen molar-refractivity contribution in [3.05, 3.63) is 48.0 Å². The van der Waals surface area contributed by atoms with Crippen molar-refractivity contribution in [2.75, 3.05) is 24.7 Å². The third-order valence-corrected chi connectivity index (χ3v) is 9.16. The number of benzene rings is 2. The van der Waals surface area contributed by atoms with E-state index in [1.807, 2.05) is 18.2 Å². The number of carbonyl (C=O) groups is 1. The molecule has 0 atom stereocenters. The Bertz CT molecular complexity index is 1270. The number of rotatable bonds is 4. The second kappa shape index (κ2) is 6.83. The Morgan fingerprint density at radius 1 is 1.13 bits per heavy atom. The quantitative estimate of drug-likeness (QED) is 0.598. The number of sulfone groups is 1. The molecule has 3 aromatic rings. The molecule has 1 saturated heterocycles. The maximum atomic E-state index is 13.4. The summed E-state index contributed by atoms with van der Waals surface area (Å²) in [6, 6.07) is 12.1. The SMILES string of the molecule is O=C1N(CC2CC2)c2ccc(S(=O)(=O)c3nc4ccccc4s3)cc2C12OCCCO2. The molecule has 160 valence electrons. The lowest BCUT2D eigenvalue weighted by Gasteiger charge is -2.32. The van der Waals surface area contributed by atoms with Crippen molar-refractivity contribution in [2.45, 2.75) is 34.3 Å². The van der Waals surface area contributed by atoms with Crippen molar-refractivity contribution in [1.29, 1.82) is 0 Å². The molecule has 1 aromatic heterocycles. The zero-order valence-corrected chi connectivity index (χ0v) is 18.2. The van der Waals surface area contributed by atoms with E-state index in [-0.39, 0.29) is 15.1 Å². The number of ether oxygens (including phenoxy) is 2. The van der Waals surface area contributed by atoms with Gasteiger partial charge in [-0.15, -0.1) is 11.3 Å². The molecule has 31 heavy (non-hydrogen) atoms. The van der Waals surface area contributed by atoms with Crippen LogP contribution in [0.2, 0.25) is 0 Å². The predicted molar refractivity (Wildman–Crippen MR) is 115 cm³/mol. The average Bonchev–Trinajstić information content (AvgIpc) is 3.46. The normalized spacial score (nSPS) is 20.5. The molecule has 0 unspecified atom stereocenters. The number of fused-ring (bicyclic) bond motifs is 3. The highest BCUT2D eigenvalue weighted by atomic mass is 32.2. The van der Waals surface area contributed by atoms with Crippen molar-refractivity contribution in [2.24, 2.45) is 5.92 Å². The molecule has 1 spiro atoms. The zero-order valence-electron chi connectivity index (χ0n) is 16.6. The van der Waals surface area contributed by atoms with Crippen LogP contribution in [0.3, 0.4) is 0 Å². The van der Waals surface area contributed by atoms with Crippen molar-refractivity contribution in [3.8, 4) is 0 Å². The first kappa shape index (κ1) is 19.4. The molecule has 1 saturated carbocycles. The predicted octanol–water partition coefficient (Wildman–Crippen LogP) is 3.48. The second-order valence-corrected chi connectivity index (χ2v) is 11.3. The molecule has 3 heterocycles. The van der Waals surface area contributed by atoms with Gasteiger partial charge in [-0.2, -0.15) is 0 Å². The molecule has 3 aliphatic rings. The molecular weight excluding hydrogens is 436 g/mol. The molecule has 0 bridgehead atoms. The number of hydrogen-bond donors (Lipinski definition) is 0. The minimum Gasteiger partial charge on any atom is -0.338 e.